The predicted molar refractivity (Wildman–Crippen MR) is 121 cm³/mol. The smallest absolute Gasteiger partial charge is 0.250 e. The van der Waals surface area contributed by atoms with Gasteiger partial charge >= 0.3 is 0 Å². The van der Waals surface area contributed by atoms with Crippen molar-refractivity contribution < 1.29 is 14.4 Å². The van der Waals surface area contributed by atoms with E-state index in [1.807, 2.05) is 48.7 Å². The summed E-state index contributed by atoms with van der Waals surface area (Å²) in [7, 11) is 0. The molecule has 3 aliphatic rings. The maximum absolute atomic E-state index is 13.7. The minimum atomic E-state index is -1.23. The minimum Gasteiger partial charge on any atom is -0.324 e. The summed E-state index contributed by atoms with van der Waals surface area (Å²) in [4.78, 5) is 41.8. The molecule has 160 valence electrons. The van der Waals surface area contributed by atoms with E-state index in [-0.39, 0.29) is 30.3 Å². The van der Waals surface area contributed by atoms with Crippen LogP contribution in [-0.4, -0.2) is 40.7 Å². The molecule has 8 heteroatoms. The highest BCUT2D eigenvalue weighted by atomic mass is 35.5. The van der Waals surface area contributed by atoms with Gasteiger partial charge in [0.1, 0.15) is 5.54 Å². The van der Waals surface area contributed by atoms with Crippen LogP contribution in [0.15, 0.2) is 48.5 Å². The number of amides is 3. The topological polar surface area (TPSA) is 78.5 Å². The number of hydrogen-bond donors (Lipinski definition) is 2. The monoisotopic (exact) mass is 455 g/mol. The normalized spacial score (nSPS) is 28.9. The number of halogens is 1. The number of benzene rings is 2. The molecule has 5 rings (SSSR count). The summed E-state index contributed by atoms with van der Waals surface area (Å²) in [6.07, 6.45) is 2.70. The van der Waals surface area contributed by atoms with E-state index in [0.717, 1.165) is 11.3 Å². The van der Waals surface area contributed by atoms with Gasteiger partial charge in [-0.1, -0.05) is 48.0 Å². The number of carbonyl (C=O) groups excluding carboxylic acids is 3. The van der Waals surface area contributed by atoms with Crippen LogP contribution in [0, 0.1) is 11.8 Å². The number of likely N-dealkylation sites (tertiary alicyclic amines) is 1. The van der Waals surface area contributed by atoms with Crippen LogP contribution in [0.3, 0.4) is 0 Å². The molecule has 2 fully saturated rings. The number of anilines is 1. The summed E-state index contributed by atoms with van der Waals surface area (Å²) in [5.41, 5.74) is 0.910. The number of nitrogens with zero attached hydrogens (tertiary/aromatic N) is 1. The third-order valence-corrected chi connectivity index (χ3v) is 7.65. The molecular weight excluding hydrogens is 434 g/mol. The van der Waals surface area contributed by atoms with Crippen molar-refractivity contribution >= 4 is 46.8 Å². The van der Waals surface area contributed by atoms with E-state index in [4.69, 9.17) is 11.6 Å². The summed E-state index contributed by atoms with van der Waals surface area (Å²) in [5, 5.41) is 6.87. The summed E-state index contributed by atoms with van der Waals surface area (Å²) >= 11 is 7.98. The van der Waals surface area contributed by atoms with Gasteiger partial charge in [-0.15, -0.1) is 0 Å². The van der Waals surface area contributed by atoms with E-state index in [1.54, 1.807) is 17.8 Å². The fourth-order valence-electron chi connectivity index (χ4n) is 5.26. The molecule has 3 amide bonds. The fourth-order valence-corrected chi connectivity index (χ4v) is 5.95. The zero-order valence-corrected chi connectivity index (χ0v) is 18.5. The minimum absolute atomic E-state index is 0.110. The van der Waals surface area contributed by atoms with Crippen molar-refractivity contribution in [3.05, 3.63) is 64.7 Å². The molecule has 2 aromatic rings. The van der Waals surface area contributed by atoms with Gasteiger partial charge in [-0.25, -0.2) is 0 Å². The van der Waals surface area contributed by atoms with Gasteiger partial charge in [-0.2, -0.15) is 11.8 Å². The first-order chi connectivity index (χ1) is 15.0. The third-order valence-electron chi connectivity index (χ3n) is 6.63. The Bertz CT molecular complexity index is 1090. The van der Waals surface area contributed by atoms with Crippen LogP contribution in [0.25, 0.3) is 0 Å². The highest BCUT2D eigenvalue weighted by molar-refractivity contribution is 7.98. The average molecular weight is 456 g/mol. The second-order valence-corrected chi connectivity index (χ2v) is 9.59. The van der Waals surface area contributed by atoms with Crippen molar-refractivity contribution in [1.82, 2.24) is 10.2 Å². The molecule has 3 aliphatic heterocycles. The molecule has 2 saturated heterocycles. The molecule has 0 saturated carbocycles. The van der Waals surface area contributed by atoms with Gasteiger partial charge in [0.25, 0.3) is 0 Å². The molecule has 1 spiro atoms. The average Bonchev–Trinajstić information content (AvgIpc) is 3.34. The van der Waals surface area contributed by atoms with E-state index in [9.17, 15) is 14.4 Å². The van der Waals surface area contributed by atoms with E-state index < -0.39 is 17.4 Å². The standard InChI is InChI=1S/C23H22ClN3O3S/c1-31-11-10-17-18-19(23(26-17)14-7-3-5-9-16(14)25-22(23)30)21(29)27(20(18)28)12-13-6-2-4-8-15(13)24/h2-9,17-19,26H,10-12H2,1H3,(H,25,30)/t17-,18-,19-,23+/m0/s1. The quantitative estimate of drug-likeness (QED) is 0.677. The largest absolute Gasteiger partial charge is 0.324 e. The Labute approximate surface area is 189 Å². The zero-order chi connectivity index (χ0) is 21.8. The summed E-state index contributed by atoms with van der Waals surface area (Å²) < 4.78 is 0. The molecule has 0 unspecified atom stereocenters. The number of imide groups is 1. The molecule has 2 N–H and O–H groups in total. The Kier molecular flexibility index (Phi) is 5.07. The van der Waals surface area contributed by atoms with Crippen molar-refractivity contribution in [2.24, 2.45) is 11.8 Å². The van der Waals surface area contributed by atoms with Gasteiger partial charge in [0.15, 0.2) is 0 Å². The van der Waals surface area contributed by atoms with Crippen LogP contribution < -0.4 is 10.6 Å². The van der Waals surface area contributed by atoms with E-state index in [1.165, 1.54) is 4.90 Å². The lowest BCUT2D eigenvalue weighted by Crippen LogP contribution is -2.53. The number of carbonyl (C=O) groups is 3. The molecule has 0 aliphatic carbocycles. The third kappa shape index (κ3) is 2.94. The highest BCUT2D eigenvalue weighted by Gasteiger charge is 2.70. The number of thioether (sulfide) groups is 1. The Hall–Kier alpha value is -2.35. The molecule has 4 atom stereocenters. The van der Waals surface area contributed by atoms with Crippen molar-refractivity contribution in [3.8, 4) is 0 Å². The van der Waals surface area contributed by atoms with Gasteiger partial charge in [0, 0.05) is 22.3 Å². The van der Waals surface area contributed by atoms with Gasteiger partial charge in [-0.3, -0.25) is 24.6 Å². The number of rotatable bonds is 5. The lowest BCUT2D eigenvalue weighted by molar-refractivity contribution is -0.143. The Balaban J connectivity index is 1.58. The Morgan fingerprint density at radius 1 is 1.06 bits per heavy atom. The van der Waals surface area contributed by atoms with E-state index in [0.29, 0.717) is 22.7 Å². The molecule has 0 aromatic heterocycles. The predicted octanol–water partition coefficient (Wildman–Crippen LogP) is 3.01. The van der Waals surface area contributed by atoms with Crippen molar-refractivity contribution in [2.45, 2.75) is 24.5 Å². The molecule has 0 radical (unpaired) electrons. The number of fused-ring (bicyclic) bond motifs is 4. The highest BCUT2D eigenvalue weighted by Crippen LogP contribution is 2.53. The number of para-hydroxylation sites is 1. The molecule has 31 heavy (non-hydrogen) atoms. The van der Waals surface area contributed by atoms with Crippen LogP contribution in [0.5, 0.6) is 0 Å². The Morgan fingerprint density at radius 2 is 1.81 bits per heavy atom. The summed E-state index contributed by atoms with van der Waals surface area (Å²) in [6.45, 7) is 0.110. The fraction of sp³-hybridized carbons (Fsp3) is 0.348. The van der Waals surface area contributed by atoms with Crippen LogP contribution in [-0.2, 0) is 26.5 Å². The van der Waals surface area contributed by atoms with Crippen LogP contribution in [0.4, 0.5) is 5.69 Å². The number of hydrogen-bond acceptors (Lipinski definition) is 5. The second kappa shape index (κ2) is 7.65. The zero-order valence-electron chi connectivity index (χ0n) is 16.9. The lowest BCUT2D eigenvalue weighted by atomic mass is 9.76. The summed E-state index contributed by atoms with van der Waals surface area (Å²) in [6, 6.07) is 14.3. The number of nitrogens with one attached hydrogen (secondary N) is 2. The Morgan fingerprint density at radius 3 is 2.58 bits per heavy atom. The van der Waals surface area contributed by atoms with E-state index >= 15 is 0 Å². The van der Waals surface area contributed by atoms with Crippen molar-refractivity contribution in [3.63, 3.8) is 0 Å². The first-order valence-corrected chi connectivity index (χ1v) is 12.0. The maximum Gasteiger partial charge on any atom is 0.250 e. The van der Waals surface area contributed by atoms with Crippen molar-refractivity contribution in [2.75, 3.05) is 17.3 Å². The molecule has 6 nitrogen and oxygen atoms in total. The van der Waals surface area contributed by atoms with Crippen LogP contribution in [0.1, 0.15) is 17.5 Å². The van der Waals surface area contributed by atoms with Gasteiger partial charge in [0.2, 0.25) is 17.7 Å². The van der Waals surface area contributed by atoms with Gasteiger partial charge in [-0.05, 0) is 36.1 Å². The van der Waals surface area contributed by atoms with Crippen LogP contribution in [0.2, 0.25) is 5.02 Å². The van der Waals surface area contributed by atoms with Gasteiger partial charge in [0.05, 0.1) is 18.4 Å². The molecule has 3 heterocycles. The van der Waals surface area contributed by atoms with Crippen LogP contribution >= 0.6 is 23.4 Å². The van der Waals surface area contributed by atoms with E-state index in [2.05, 4.69) is 10.6 Å². The maximum atomic E-state index is 13.7. The summed E-state index contributed by atoms with van der Waals surface area (Å²) in [5.74, 6) is -1.36. The molecule has 0 bridgehead atoms. The SMILES string of the molecule is CSCC[C@@H]1N[C@@]2(C(=O)Nc3ccccc32)[C@@H]2C(=O)N(Cc3ccccc3Cl)C(=O)[C@@H]12. The lowest BCUT2D eigenvalue weighted by Gasteiger charge is -2.29. The first kappa shape index (κ1) is 20.5. The molecule has 2 aromatic carbocycles. The van der Waals surface area contributed by atoms with Crippen molar-refractivity contribution in [1.29, 1.82) is 0 Å². The molecular formula is C23H22ClN3O3S. The first-order valence-electron chi connectivity index (χ1n) is 10.2. The second-order valence-electron chi connectivity index (χ2n) is 8.20. The van der Waals surface area contributed by atoms with Gasteiger partial charge < -0.3 is 5.32 Å².